The quantitative estimate of drug-likeness (QED) is 0.688. The van der Waals surface area contributed by atoms with Gasteiger partial charge < -0.3 is 15.0 Å². The summed E-state index contributed by atoms with van der Waals surface area (Å²) < 4.78 is 5.90. The lowest BCUT2D eigenvalue weighted by Gasteiger charge is -2.16. The molecule has 3 aromatic rings. The first-order chi connectivity index (χ1) is 11.4. The summed E-state index contributed by atoms with van der Waals surface area (Å²) >= 11 is 0. The summed E-state index contributed by atoms with van der Waals surface area (Å²) in [6.45, 7) is 0.588. The zero-order valence-electron chi connectivity index (χ0n) is 13.2. The molecular weight excluding hydrogens is 284 g/mol. The molecule has 1 saturated carbocycles. The summed E-state index contributed by atoms with van der Waals surface area (Å²) in [5, 5.41) is 4.96. The highest BCUT2D eigenvalue weighted by Gasteiger charge is 2.16. The van der Waals surface area contributed by atoms with Crippen molar-refractivity contribution >= 4 is 16.6 Å². The molecule has 23 heavy (non-hydrogen) atoms. The van der Waals surface area contributed by atoms with E-state index in [9.17, 15) is 0 Å². The molecular formula is C20H22N2O. The van der Waals surface area contributed by atoms with Gasteiger partial charge in [-0.2, -0.15) is 0 Å². The van der Waals surface area contributed by atoms with Gasteiger partial charge in [-0.1, -0.05) is 31.0 Å². The smallest absolute Gasteiger partial charge is 0.119 e. The zero-order chi connectivity index (χ0) is 15.5. The van der Waals surface area contributed by atoms with Crippen LogP contribution in [0.2, 0.25) is 0 Å². The third kappa shape index (κ3) is 3.19. The number of ether oxygens (including phenoxy) is 1. The molecule has 4 rings (SSSR count). The summed E-state index contributed by atoms with van der Waals surface area (Å²) in [4.78, 5) is 3.36. The van der Waals surface area contributed by atoms with E-state index in [1.807, 2.05) is 36.5 Å². The SMILES string of the molecule is c1ccc(OCc2cc(NC3CCCC3)c3[nH]ccc3c2)cc1. The third-order valence-corrected chi connectivity index (χ3v) is 4.58. The number of hydrogen-bond donors (Lipinski definition) is 2. The average Bonchev–Trinajstić information content (AvgIpc) is 3.25. The fraction of sp³-hybridized carbons (Fsp3) is 0.300. The van der Waals surface area contributed by atoms with E-state index in [2.05, 4.69) is 28.5 Å². The molecule has 0 spiro atoms. The molecule has 0 atom stereocenters. The standard InChI is InChI=1S/C20H22N2O/c1-2-8-18(9-3-1)23-14-15-12-16-10-11-21-20(16)19(13-15)22-17-6-4-5-7-17/h1-3,8-13,17,21-22H,4-7,14H2. The predicted molar refractivity (Wildman–Crippen MR) is 95.0 cm³/mol. The summed E-state index contributed by atoms with van der Waals surface area (Å²) in [6.07, 6.45) is 7.22. The highest BCUT2D eigenvalue weighted by atomic mass is 16.5. The maximum absolute atomic E-state index is 5.90. The Hall–Kier alpha value is -2.42. The number of para-hydroxylation sites is 1. The van der Waals surface area contributed by atoms with Crippen molar-refractivity contribution in [2.75, 3.05) is 5.32 Å². The maximum Gasteiger partial charge on any atom is 0.119 e. The number of nitrogens with one attached hydrogen (secondary N) is 2. The number of benzene rings is 2. The number of H-pyrrole nitrogens is 1. The van der Waals surface area contributed by atoms with Gasteiger partial charge in [-0.15, -0.1) is 0 Å². The zero-order valence-corrected chi connectivity index (χ0v) is 13.2. The molecule has 0 radical (unpaired) electrons. The van der Waals surface area contributed by atoms with Gasteiger partial charge in [0.1, 0.15) is 12.4 Å². The number of aromatic amines is 1. The second-order valence-electron chi connectivity index (χ2n) is 6.31. The summed E-state index contributed by atoms with van der Waals surface area (Å²) in [7, 11) is 0. The Bertz CT molecular complexity index is 773. The van der Waals surface area contributed by atoms with E-state index in [1.165, 1.54) is 47.8 Å². The van der Waals surface area contributed by atoms with Crippen LogP contribution in [0, 0.1) is 0 Å². The molecule has 2 N–H and O–H groups in total. The monoisotopic (exact) mass is 306 g/mol. The van der Waals surface area contributed by atoms with Crippen molar-refractivity contribution in [2.45, 2.75) is 38.3 Å². The molecule has 0 saturated heterocycles. The Morgan fingerprint density at radius 3 is 2.70 bits per heavy atom. The largest absolute Gasteiger partial charge is 0.489 e. The fourth-order valence-electron chi connectivity index (χ4n) is 3.40. The van der Waals surface area contributed by atoms with Crippen molar-refractivity contribution in [3.05, 3.63) is 60.3 Å². The van der Waals surface area contributed by atoms with Crippen molar-refractivity contribution in [3.63, 3.8) is 0 Å². The van der Waals surface area contributed by atoms with Gasteiger partial charge in [-0.3, -0.25) is 0 Å². The van der Waals surface area contributed by atoms with Crippen LogP contribution < -0.4 is 10.1 Å². The molecule has 0 amide bonds. The van der Waals surface area contributed by atoms with E-state index in [1.54, 1.807) is 0 Å². The van der Waals surface area contributed by atoms with Gasteiger partial charge in [0.15, 0.2) is 0 Å². The Morgan fingerprint density at radius 2 is 1.87 bits per heavy atom. The van der Waals surface area contributed by atoms with Crippen molar-refractivity contribution in [1.82, 2.24) is 4.98 Å². The molecule has 3 nitrogen and oxygen atoms in total. The number of rotatable bonds is 5. The molecule has 1 fully saturated rings. The molecule has 1 heterocycles. The van der Waals surface area contributed by atoms with Gasteiger partial charge in [-0.25, -0.2) is 0 Å². The first kappa shape index (κ1) is 14.2. The van der Waals surface area contributed by atoms with E-state index < -0.39 is 0 Å². The highest BCUT2D eigenvalue weighted by Crippen LogP contribution is 2.29. The third-order valence-electron chi connectivity index (χ3n) is 4.58. The minimum atomic E-state index is 0.588. The summed E-state index contributed by atoms with van der Waals surface area (Å²) in [5.74, 6) is 0.909. The molecule has 1 aliphatic carbocycles. The van der Waals surface area contributed by atoms with Crippen LogP contribution in [0.4, 0.5) is 5.69 Å². The summed E-state index contributed by atoms with van der Waals surface area (Å²) in [6, 6.07) is 17.1. The van der Waals surface area contributed by atoms with Crippen LogP contribution in [0.1, 0.15) is 31.2 Å². The Morgan fingerprint density at radius 1 is 1.04 bits per heavy atom. The predicted octanol–water partition coefficient (Wildman–Crippen LogP) is 5.10. The Kier molecular flexibility index (Phi) is 3.93. The van der Waals surface area contributed by atoms with Crippen LogP contribution in [0.25, 0.3) is 10.9 Å². The lowest BCUT2D eigenvalue weighted by molar-refractivity contribution is 0.306. The van der Waals surface area contributed by atoms with E-state index in [0.717, 1.165) is 5.75 Å². The number of anilines is 1. The fourth-order valence-corrected chi connectivity index (χ4v) is 3.40. The number of fused-ring (bicyclic) bond motifs is 1. The maximum atomic E-state index is 5.90. The highest BCUT2D eigenvalue weighted by molar-refractivity contribution is 5.91. The van der Waals surface area contributed by atoms with Gasteiger partial charge >= 0.3 is 0 Å². The van der Waals surface area contributed by atoms with Crippen LogP contribution >= 0.6 is 0 Å². The second kappa shape index (κ2) is 6.37. The van der Waals surface area contributed by atoms with Gasteiger partial charge in [0.2, 0.25) is 0 Å². The molecule has 1 aromatic heterocycles. The molecule has 0 unspecified atom stereocenters. The van der Waals surface area contributed by atoms with Crippen molar-refractivity contribution in [3.8, 4) is 5.75 Å². The van der Waals surface area contributed by atoms with Gasteiger partial charge in [-0.05, 0) is 48.7 Å². The first-order valence-electron chi connectivity index (χ1n) is 8.43. The minimum absolute atomic E-state index is 0.588. The van der Waals surface area contributed by atoms with E-state index >= 15 is 0 Å². The van der Waals surface area contributed by atoms with E-state index in [4.69, 9.17) is 4.74 Å². The van der Waals surface area contributed by atoms with E-state index in [-0.39, 0.29) is 0 Å². The van der Waals surface area contributed by atoms with E-state index in [0.29, 0.717) is 12.6 Å². The van der Waals surface area contributed by atoms with Gasteiger partial charge in [0.05, 0.1) is 11.2 Å². The molecule has 118 valence electrons. The van der Waals surface area contributed by atoms with Crippen molar-refractivity contribution in [2.24, 2.45) is 0 Å². The first-order valence-corrected chi connectivity index (χ1v) is 8.43. The molecule has 0 aliphatic heterocycles. The topological polar surface area (TPSA) is 37.0 Å². The summed E-state index contributed by atoms with van der Waals surface area (Å²) in [5.41, 5.74) is 3.59. The lowest BCUT2D eigenvalue weighted by Crippen LogP contribution is -2.15. The number of aromatic nitrogens is 1. The normalized spacial score (nSPS) is 15.1. The van der Waals surface area contributed by atoms with Gasteiger partial charge in [0, 0.05) is 17.6 Å². The van der Waals surface area contributed by atoms with Crippen LogP contribution in [-0.4, -0.2) is 11.0 Å². The van der Waals surface area contributed by atoms with Crippen molar-refractivity contribution < 1.29 is 4.74 Å². The minimum Gasteiger partial charge on any atom is -0.489 e. The van der Waals surface area contributed by atoms with Crippen LogP contribution in [0.3, 0.4) is 0 Å². The second-order valence-corrected chi connectivity index (χ2v) is 6.31. The molecule has 0 bridgehead atoms. The van der Waals surface area contributed by atoms with Crippen LogP contribution in [0.15, 0.2) is 54.7 Å². The molecule has 3 heteroatoms. The Balaban J connectivity index is 1.56. The van der Waals surface area contributed by atoms with Crippen LogP contribution in [-0.2, 0) is 6.61 Å². The Labute approximate surface area is 136 Å². The molecule has 2 aromatic carbocycles. The average molecular weight is 306 g/mol. The lowest BCUT2D eigenvalue weighted by atomic mass is 10.1. The van der Waals surface area contributed by atoms with Gasteiger partial charge in [0.25, 0.3) is 0 Å². The molecule has 1 aliphatic rings. The van der Waals surface area contributed by atoms with Crippen LogP contribution in [0.5, 0.6) is 5.75 Å². The van der Waals surface area contributed by atoms with Crippen molar-refractivity contribution in [1.29, 1.82) is 0 Å². The number of hydrogen-bond acceptors (Lipinski definition) is 2.